The number of benzene rings is 2. The molecule has 1 saturated carbocycles. The van der Waals surface area contributed by atoms with Crippen molar-refractivity contribution in [1.29, 1.82) is 5.26 Å². The van der Waals surface area contributed by atoms with Crippen molar-refractivity contribution in [2.45, 2.75) is 50.8 Å². The highest BCUT2D eigenvalue weighted by molar-refractivity contribution is 5.82. The minimum atomic E-state index is -0.138. The lowest BCUT2D eigenvalue weighted by atomic mass is 9.93. The van der Waals surface area contributed by atoms with E-state index in [-0.39, 0.29) is 6.10 Å². The minimum Gasteiger partial charge on any atom is -0.496 e. The van der Waals surface area contributed by atoms with Gasteiger partial charge in [-0.15, -0.1) is 0 Å². The van der Waals surface area contributed by atoms with Gasteiger partial charge in [0.05, 0.1) is 36.2 Å². The summed E-state index contributed by atoms with van der Waals surface area (Å²) in [5, 5.41) is 30.2. The van der Waals surface area contributed by atoms with Crippen LogP contribution in [0.3, 0.4) is 0 Å². The number of aliphatic hydroxyl groups excluding tert-OH is 1. The van der Waals surface area contributed by atoms with Gasteiger partial charge in [0, 0.05) is 41.3 Å². The summed E-state index contributed by atoms with van der Waals surface area (Å²) < 4.78 is 5.71. The molecule has 3 N–H and O–H groups in total. The van der Waals surface area contributed by atoms with Gasteiger partial charge in [-0.05, 0) is 55.5 Å². The van der Waals surface area contributed by atoms with E-state index < -0.39 is 0 Å². The summed E-state index contributed by atoms with van der Waals surface area (Å²) in [6, 6.07) is 14.5. The molecule has 6 nitrogen and oxygen atoms in total. The van der Waals surface area contributed by atoms with Gasteiger partial charge in [0.15, 0.2) is 0 Å². The average molecular weight is 415 g/mol. The van der Waals surface area contributed by atoms with E-state index in [0.29, 0.717) is 11.6 Å². The maximum Gasteiger partial charge on any atom is 0.124 e. The largest absolute Gasteiger partial charge is 0.496 e. The number of fused-ring (bicyclic) bond motifs is 3. The van der Waals surface area contributed by atoms with E-state index in [1.165, 1.54) is 11.1 Å². The molecule has 2 aromatic carbocycles. The third-order valence-electron chi connectivity index (χ3n) is 6.58. The van der Waals surface area contributed by atoms with E-state index >= 15 is 0 Å². The molecule has 2 aliphatic rings. The van der Waals surface area contributed by atoms with E-state index in [1.54, 1.807) is 7.11 Å². The number of ether oxygens (including phenoxy) is 1. The highest BCUT2D eigenvalue weighted by Crippen LogP contribution is 2.42. The molecule has 0 aliphatic heterocycles. The van der Waals surface area contributed by atoms with Gasteiger partial charge in [-0.3, -0.25) is 5.10 Å². The highest BCUT2D eigenvalue weighted by Gasteiger charge is 2.27. The third-order valence-corrected chi connectivity index (χ3v) is 6.58. The zero-order valence-corrected chi connectivity index (χ0v) is 17.6. The molecule has 0 amide bonds. The molecular weight excluding hydrogens is 388 g/mol. The van der Waals surface area contributed by atoms with E-state index in [2.05, 4.69) is 33.7 Å². The van der Waals surface area contributed by atoms with Crippen LogP contribution >= 0.6 is 0 Å². The van der Waals surface area contributed by atoms with Crippen LogP contribution in [-0.2, 0) is 13.0 Å². The van der Waals surface area contributed by atoms with Crippen LogP contribution in [0.15, 0.2) is 36.4 Å². The first kappa shape index (κ1) is 19.8. The molecule has 158 valence electrons. The fourth-order valence-corrected chi connectivity index (χ4v) is 4.81. The monoisotopic (exact) mass is 414 g/mol. The summed E-state index contributed by atoms with van der Waals surface area (Å²) in [6.45, 7) is 0.756. The summed E-state index contributed by atoms with van der Waals surface area (Å²) in [7, 11) is 1.72. The Hall–Kier alpha value is -3.14. The van der Waals surface area contributed by atoms with Gasteiger partial charge >= 0.3 is 0 Å². The Kier molecular flexibility index (Phi) is 5.23. The van der Waals surface area contributed by atoms with Gasteiger partial charge in [0.25, 0.3) is 0 Å². The van der Waals surface area contributed by atoms with Crippen molar-refractivity contribution in [2.24, 2.45) is 0 Å². The highest BCUT2D eigenvalue weighted by atomic mass is 16.5. The number of H-pyrrole nitrogens is 1. The molecule has 0 spiro atoms. The average Bonchev–Trinajstić information content (AvgIpc) is 3.37. The molecule has 5 rings (SSSR count). The molecule has 1 fully saturated rings. The number of nitriles is 1. The Balaban J connectivity index is 1.39. The van der Waals surface area contributed by atoms with Crippen molar-refractivity contribution in [2.75, 3.05) is 7.11 Å². The van der Waals surface area contributed by atoms with E-state index in [1.807, 2.05) is 24.3 Å². The van der Waals surface area contributed by atoms with Crippen molar-refractivity contribution in [3.8, 4) is 34.3 Å². The fourth-order valence-electron chi connectivity index (χ4n) is 4.81. The normalized spacial score (nSPS) is 19.5. The van der Waals surface area contributed by atoms with Crippen molar-refractivity contribution >= 4 is 0 Å². The Morgan fingerprint density at radius 2 is 1.97 bits per heavy atom. The van der Waals surface area contributed by atoms with Gasteiger partial charge in [0.2, 0.25) is 0 Å². The Bertz CT molecular complexity index is 1140. The topological polar surface area (TPSA) is 94.0 Å². The predicted molar refractivity (Wildman–Crippen MR) is 119 cm³/mol. The first-order chi connectivity index (χ1) is 15.2. The second kappa shape index (κ2) is 8.18. The third kappa shape index (κ3) is 3.71. The summed E-state index contributed by atoms with van der Waals surface area (Å²) in [5.74, 6) is 0.879. The molecule has 0 atom stereocenters. The second-order valence-corrected chi connectivity index (χ2v) is 8.50. The molecule has 0 radical (unpaired) electrons. The minimum absolute atomic E-state index is 0.138. The zero-order valence-electron chi connectivity index (χ0n) is 17.6. The van der Waals surface area contributed by atoms with Crippen LogP contribution in [0.25, 0.3) is 22.5 Å². The molecule has 1 aromatic heterocycles. The van der Waals surface area contributed by atoms with Crippen molar-refractivity contribution in [3.05, 3.63) is 58.7 Å². The zero-order chi connectivity index (χ0) is 21.4. The van der Waals surface area contributed by atoms with Crippen molar-refractivity contribution in [1.82, 2.24) is 15.5 Å². The van der Waals surface area contributed by atoms with E-state index in [9.17, 15) is 5.11 Å². The molecule has 1 heterocycles. The standard InChI is InChI=1S/C25H26N4O2/c1-31-23-12-21-17(10-18(23)14-27-19-6-8-20(30)9-7-19)11-22-24(28-29-25(21)22)16-4-2-15(13-26)3-5-16/h2-5,10,12,19-20,27,30H,6-9,11,14H2,1H3,(H,28,29). The van der Waals surface area contributed by atoms with Crippen LogP contribution in [-0.4, -0.2) is 34.6 Å². The van der Waals surface area contributed by atoms with Gasteiger partial charge in [-0.2, -0.15) is 10.4 Å². The number of hydrogen-bond donors (Lipinski definition) is 3. The van der Waals surface area contributed by atoms with Crippen LogP contribution in [0, 0.1) is 11.3 Å². The molecular formula is C25H26N4O2. The Labute approximate surface area is 181 Å². The SMILES string of the molecule is COc1cc2c(cc1CNC1CCC(O)CC1)Cc1c(-c3ccc(C#N)cc3)n[nH]c1-2. The van der Waals surface area contributed by atoms with Gasteiger partial charge in [-0.25, -0.2) is 0 Å². The van der Waals surface area contributed by atoms with E-state index in [0.717, 1.165) is 72.5 Å². The molecule has 3 aromatic rings. The lowest BCUT2D eigenvalue weighted by Crippen LogP contribution is -2.34. The van der Waals surface area contributed by atoms with Crippen LogP contribution < -0.4 is 10.1 Å². The lowest BCUT2D eigenvalue weighted by molar-refractivity contribution is 0.116. The quantitative estimate of drug-likeness (QED) is 0.460. The van der Waals surface area contributed by atoms with Crippen LogP contribution in [0.5, 0.6) is 5.75 Å². The predicted octanol–water partition coefficient (Wildman–Crippen LogP) is 3.92. The summed E-state index contributed by atoms with van der Waals surface area (Å²) >= 11 is 0. The van der Waals surface area contributed by atoms with Gasteiger partial charge < -0.3 is 15.2 Å². The summed E-state index contributed by atoms with van der Waals surface area (Å²) in [4.78, 5) is 0. The lowest BCUT2D eigenvalue weighted by Gasteiger charge is -2.26. The first-order valence-corrected chi connectivity index (χ1v) is 10.9. The first-order valence-electron chi connectivity index (χ1n) is 10.9. The Morgan fingerprint density at radius 3 is 2.68 bits per heavy atom. The number of aliphatic hydroxyl groups is 1. The van der Waals surface area contributed by atoms with Crippen LogP contribution in [0.4, 0.5) is 0 Å². The molecule has 31 heavy (non-hydrogen) atoms. The van der Waals surface area contributed by atoms with Crippen molar-refractivity contribution < 1.29 is 9.84 Å². The molecule has 0 bridgehead atoms. The van der Waals surface area contributed by atoms with Crippen LogP contribution in [0.2, 0.25) is 0 Å². The summed E-state index contributed by atoms with van der Waals surface area (Å²) in [6.07, 6.45) is 4.46. The molecule has 0 unspecified atom stereocenters. The number of nitrogens with zero attached hydrogens (tertiary/aromatic N) is 2. The number of aromatic nitrogens is 2. The second-order valence-electron chi connectivity index (χ2n) is 8.50. The van der Waals surface area contributed by atoms with Gasteiger partial charge in [-0.1, -0.05) is 12.1 Å². The maximum atomic E-state index is 9.73. The fraction of sp³-hybridized carbons (Fsp3) is 0.360. The molecule has 0 saturated heterocycles. The Morgan fingerprint density at radius 1 is 1.19 bits per heavy atom. The number of nitrogens with one attached hydrogen (secondary N) is 2. The van der Waals surface area contributed by atoms with Gasteiger partial charge in [0.1, 0.15) is 5.75 Å². The van der Waals surface area contributed by atoms with Crippen molar-refractivity contribution in [3.63, 3.8) is 0 Å². The number of methoxy groups -OCH3 is 1. The molecule has 2 aliphatic carbocycles. The number of rotatable bonds is 5. The van der Waals surface area contributed by atoms with Crippen LogP contribution in [0.1, 0.15) is 47.9 Å². The smallest absolute Gasteiger partial charge is 0.124 e. The van der Waals surface area contributed by atoms with E-state index in [4.69, 9.17) is 10.00 Å². The molecule has 6 heteroatoms. The number of hydrogen-bond acceptors (Lipinski definition) is 5. The number of aromatic amines is 1. The maximum absolute atomic E-state index is 9.73. The summed E-state index contributed by atoms with van der Waals surface area (Å²) in [5.41, 5.74) is 8.41.